The number of fused-ring (bicyclic) bond motifs is 1. The summed E-state index contributed by atoms with van der Waals surface area (Å²) in [6.45, 7) is 13.1. The van der Waals surface area contributed by atoms with Crippen molar-refractivity contribution >= 4 is 17.9 Å². The lowest BCUT2D eigenvalue weighted by Crippen LogP contribution is -2.09. The Hall–Kier alpha value is -2.67. The van der Waals surface area contributed by atoms with Gasteiger partial charge in [-0.05, 0) is 72.9 Å². The summed E-state index contributed by atoms with van der Waals surface area (Å²) in [6.07, 6.45) is 25.4. The molecule has 0 saturated heterocycles. The monoisotopic (exact) mass is 454 g/mol. The van der Waals surface area contributed by atoms with E-state index in [-0.39, 0.29) is 11.7 Å². The summed E-state index contributed by atoms with van der Waals surface area (Å²) in [7, 11) is 0. The highest BCUT2D eigenvalue weighted by Crippen LogP contribution is 2.41. The van der Waals surface area contributed by atoms with E-state index in [1.54, 1.807) is 0 Å². The minimum atomic E-state index is 0.134. The number of benzene rings is 1. The van der Waals surface area contributed by atoms with E-state index in [0.29, 0.717) is 0 Å². The fourth-order valence-corrected chi connectivity index (χ4v) is 5.22. The summed E-state index contributed by atoms with van der Waals surface area (Å²) in [5.74, 6) is 0.387. The van der Waals surface area contributed by atoms with Gasteiger partial charge in [-0.15, -0.1) is 0 Å². The van der Waals surface area contributed by atoms with Crippen molar-refractivity contribution < 1.29 is 4.79 Å². The van der Waals surface area contributed by atoms with Gasteiger partial charge >= 0.3 is 0 Å². The quantitative estimate of drug-likeness (QED) is 0.240. The third-order valence-electron chi connectivity index (χ3n) is 7.09. The Balaban J connectivity index is 2.04. The normalized spacial score (nSPS) is 18.9. The van der Waals surface area contributed by atoms with Crippen LogP contribution in [0.5, 0.6) is 0 Å². The van der Waals surface area contributed by atoms with E-state index in [4.69, 9.17) is 0 Å². The van der Waals surface area contributed by atoms with Gasteiger partial charge in [0.05, 0.1) is 0 Å². The smallest absolute Gasteiger partial charge is 0.193 e. The number of carbonyl (C=O) groups excluding carboxylic acids is 1. The number of hydrogen-bond acceptors (Lipinski definition) is 1. The van der Waals surface area contributed by atoms with Crippen molar-refractivity contribution in [3.05, 3.63) is 93.6 Å². The number of aryl methyl sites for hydroxylation is 1. The minimum Gasteiger partial charge on any atom is -0.289 e. The van der Waals surface area contributed by atoms with Gasteiger partial charge in [-0.25, -0.2) is 0 Å². The lowest BCUT2D eigenvalue weighted by Gasteiger charge is -2.16. The molecule has 0 aromatic heterocycles. The molecule has 1 nitrogen and oxygen atoms in total. The number of allylic oxidation sites excluding steroid dienone is 9. The van der Waals surface area contributed by atoms with Crippen molar-refractivity contribution in [2.24, 2.45) is 5.92 Å². The number of ketones is 1. The van der Waals surface area contributed by atoms with Crippen LogP contribution >= 0.6 is 0 Å². The average molecular weight is 455 g/mol. The van der Waals surface area contributed by atoms with E-state index >= 15 is 0 Å². The molecule has 0 fully saturated rings. The van der Waals surface area contributed by atoms with Crippen LogP contribution in [0.3, 0.4) is 0 Å². The molecule has 0 bridgehead atoms. The highest BCUT2D eigenvalue weighted by atomic mass is 16.1. The molecule has 1 heteroatoms. The van der Waals surface area contributed by atoms with E-state index < -0.39 is 0 Å². The van der Waals surface area contributed by atoms with Crippen molar-refractivity contribution in [1.82, 2.24) is 0 Å². The SMILES string of the molecule is C=C1/C(=C(C)\C=C/C)C(C(=O)c2ccc(CCCC)c3c2C=CCC=C3)=CC1CCCCCC. The predicted molar refractivity (Wildman–Crippen MR) is 149 cm³/mol. The molecule has 1 unspecified atom stereocenters. The van der Waals surface area contributed by atoms with E-state index in [1.807, 2.05) is 13.0 Å². The molecule has 0 aliphatic heterocycles. The lowest BCUT2D eigenvalue weighted by molar-refractivity contribution is 0.103. The Morgan fingerprint density at radius 2 is 1.76 bits per heavy atom. The zero-order valence-corrected chi connectivity index (χ0v) is 21.8. The molecular formula is C33H42O. The van der Waals surface area contributed by atoms with Gasteiger partial charge < -0.3 is 0 Å². The van der Waals surface area contributed by atoms with Crippen LogP contribution in [0, 0.1) is 5.92 Å². The molecule has 0 heterocycles. The third kappa shape index (κ3) is 5.87. The summed E-state index contributed by atoms with van der Waals surface area (Å²) < 4.78 is 0. The molecule has 0 spiro atoms. The molecule has 1 aromatic rings. The van der Waals surface area contributed by atoms with Crippen molar-refractivity contribution in [2.75, 3.05) is 0 Å². The van der Waals surface area contributed by atoms with E-state index in [1.165, 1.54) is 43.2 Å². The second-order valence-electron chi connectivity index (χ2n) is 9.69. The maximum Gasteiger partial charge on any atom is 0.193 e. The van der Waals surface area contributed by atoms with Crippen molar-refractivity contribution in [2.45, 2.75) is 85.5 Å². The van der Waals surface area contributed by atoms with Crippen LogP contribution in [0.4, 0.5) is 0 Å². The highest BCUT2D eigenvalue weighted by molar-refractivity contribution is 6.15. The maximum absolute atomic E-state index is 14.1. The number of carbonyl (C=O) groups is 1. The molecule has 0 radical (unpaired) electrons. The van der Waals surface area contributed by atoms with Crippen LogP contribution < -0.4 is 0 Å². The first kappa shape index (κ1) is 25.9. The van der Waals surface area contributed by atoms with Crippen LogP contribution in [0.15, 0.2) is 71.4 Å². The first-order valence-electron chi connectivity index (χ1n) is 13.3. The minimum absolute atomic E-state index is 0.134. The number of hydrogen-bond donors (Lipinski definition) is 0. The van der Waals surface area contributed by atoms with Gasteiger partial charge in [0.1, 0.15) is 0 Å². The molecule has 1 aromatic carbocycles. The third-order valence-corrected chi connectivity index (χ3v) is 7.09. The maximum atomic E-state index is 14.1. The summed E-state index contributed by atoms with van der Waals surface area (Å²) in [5, 5.41) is 0. The lowest BCUT2D eigenvalue weighted by atomic mass is 9.87. The Bertz CT molecular complexity index is 1050. The Labute approximate surface area is 207 Å². The highest BCUT2D eigenvalue weighted by Gasteiger charge is 2.31. The summed E-state index contributed by atoms with van der Waals surface area (Å²) >= 11 is 0. The topological polar surface area (TPSA) is 17.1 Å². The Morgan fingerprint density at radius 1 is 1.03 bits per heavy atom. The van der Waals surface area contributed by atoms with Crippen molar-refractivity contribution in [3.63, 3.8) is 0 Å². The van der Waals surface area contributed by atoms with Crippen LogP contribution in [-0.2, 0) is 6.42 Å². The van der Waals surface area contributed by atoms with Gasteiger partial charge in [-0.1, -0.05) is 107 Å². The Kier molecular flexibility index (Phi) is 9.69. The number of rotatable bonds is 11. The molecule has 2 aliphatic rings. The van der Waals surface area contributed by atoms with Crippen LogP contribution in [0.1, 0.15) is 106 Å². The molecule has 1 atom stereocenters. The van der Waals surface area contributed by atoms with Gasteiger partial charge in [-0.2, -0.15) is 0 Å². The number of Topliss-reactive ketones (excluding diaryl/α,β-unsaturated/α-hetero) is 1. The standard InChI is InChI=1S/C33H42O/c1-6-9-11-13-18-27-23-31(32(25(27)5)24(4)16-8-3)33(34)30-22-21-26(17-10-7-2)28-19-14-12-15-20-29(28)30/h8,14-16,19-23,27H,5-7,9-13,17-18H2,1-4H3/b16-8-,32-24+. The fraction of sp³-hybridized carbons (Fsp3) is 0.424. The van der Waals surface area contributed by atoms with Gasteiger partial charge in [0, 0.05) is 17.1 Å². The van der Waals surface area contributed by atoms with E-state index in [0.717, 1.165) is 59.1 Å². The largest absolute Gasteiger partial charge is 0.289 e. The van der Waals surface area contributed by atoms with E-state index in [2.05, 4.69) is 75.9 Å². The molecular weight excluding hydrogens is 412 g/mol. The average Bonchev–Trinajstić information content (AvgIpc) is 2.99. The summed E-state index contributed by atoms with van der Waals surface area (Å²) in [4.78, 5) is 14.1. The Morgan fingerprint density at radius 3 is 2.47 bits per heavy atom. The first-order valence-corrected chi connectivity index (χ1v) is 13.3. The molecule has 34 heavy (non-hydrogen) atoms. The predicted octanol–water partition coefficient (Wildman–Crippen LogP) is 9.62. The summed E-state index contributed by atoms with van der Waals surface area (Å²) in [6, 6.07) is 4.25. The summed E-state index contributed by atoms with van der Waals surface area (Å²) in [5.41, 5.74) is 8.59. The van der Waals surface area contributed by atoms with Crippen LogP contribution in [0.25, 0.3) is 12.2 Å². The van der Waals surface area contributed by atoms with Gasteiger partial charge in [0.25, 0.3) is 0 Å². The van der Waals surface area contributed by atoms with Crippen molar-refractivity contribution in [3.8, 4) is 0 Å². The number of unbranched alkanes of at least 4 members (excludes halogenated alkanes) is 4. The molecule has 2 aliphatic carbocycles. The molecule has 0 amide bonds. The van der Waals surface area contributed by atoms with Crippen LogP contribution in [-0.4, -0.2) is 5.78 Å². The van der Waals surface area contributed by atoms with Gasteiger partial charge in [0.15, 0.2) is 5.78 Å². The van der Waals surface area contributed by atoms with Crippen molar-refractivity contribution in [1.29, 1.82) is 0 Å². The van der Waals surface area contributed by atoms with Gasteiger partial charge in [0.2, 0.25) is 0 Å². The first-order chi connectivity index (χ1) is 16.5. The zero-order valence-electron chi connectivity index (χ0n) is 21.8. The van der Waals surface area contributed by atoms with E-state index in [9.17, 15) is 4.79 Å². The molecule has 3 rings (SSSR count). The molecule has 0 saturated carbocycles. The zero-order chi connectivity index (χ0) is 24.5. The molecule has 0 N–H and O–H groups in total. The molecule has 180 valence electrons. The second-order valence-corrected chi connectivity index (χ2v) is 9.69. The van der Waals surface area contributed by atoms with Crippen LogP contribution in [0.2, 0.25) is 0 Å². The van der Waals surface area contributed by atoms with Gasteiger partial charge in [-0.3, -0.25) is 4.79 Å². The fourth-order valence-electron chi connectivity index (χ4n) is 5.22. The second kappa shape index (κ2) is 12.7.